The van der Waals surface area contributed by atoms with E-state index in [9.17, 15) is 8.42 Å². The molecule has 1 aliphatic heterocycles. The summed E-state index contributed by atoms with van der Waals surface area (Å²) in [5, 5.41) is 5.09. The van der Waals surface area contributed by atoms with E-state index in [0.717, 1.165) is 30.2 Å². The van der Waals surface area contributed by atoms with Gasteiger partial charge in [-0.1, -0.05) is 36.4 Å². The van der Waals surface area contributed by atoms with Crippen LogP contribution in [0.25, 0.3) is 10.8 Å². The third-order valence-corrected chi connectivity index (χ3v) is 5.51. The molecule has 2 aromatic carbocycles. The zero-order valence-corrected chi connectivity index (χ0v) is 12.7. The zero-order valence-electron chi connectivity index (χ0n) is 11.9. The van der Waals surface area contributed by atoms with Gasteiger partial charge >= 0.3 is 0 Å². The Morgan fingerprint density at radius 2 is 1.95 bits per heavy atom. The van der Waals surface area contributed by atoms with Crippen LogP contribution in [-0.4, -0.2) is 27.5 Å². The van der Waals surface area contributed by atoms with E-state index in [4.69, 9.17) is 0 Å². The normalized spacial score (nSPS) is 19.1. The lowest BCUT2D eigenvalue weighted by Crippen LogP contribution is -2.30. The van der Waals surface area contributed by atoms with Crippen LogP contribution in [0.2, 0.25) is 0 Å². The molecule has 2 aromatic rings. The van der Waals surface area contributed by atoms with Crippen LogP contribution in [0.5, 0.6) is 0 Å². The first-order valence-corrected chi connectivity index (χ1v) is 8.86. The molecule has 4 nitrogen and oxygen atoms in total. The van der Waals surface area contributed by atoms with E-state index in [-0.39, 0.29) is 0 Å². The van der Waals surface area contributed by atoms with Crippen molar-refractivity contribution in [2.24, 2.45) is 0 Å². The molecule has 0 unspecified atom stereocenters. The summed E-state index contributed by atoms with van der Waals surface area (Å²) in [7, 11) is -3.46. The second-order valence-electron chi connectivity index (χ2n) is 5.46. The van der Waals surface area contributed by atoms with Crippen LogP contribution in [0.3, 0.4) is 0 Å². The summed E-state index contributed by atoms with van der Waals surface area (Å²) in [5.74, 6) is 0. The molecule has 2 N–H and O–H groups in total. The molecule has 0 amide bonds. The first kappa shape index (κ1) is 14.5. The average Bonchev–Trinajstić information content (AvgIpc) is 3.00. The van der Waals surface area contributed by atoms with Crippen LogP contribution < -0.4 is 10.0 Å². The highest BCUT2D eigenvalue weighted by atomic mass is 32.2. The average molecular weight is 304 g/mol. The van der Waals surface area contributed by atoms with Gasteiger partial charge in [0.15, 0.2) is 0 Å². The zero-order chi connectivity index (χ0) is 14.7. The molecular formula is C16H20N2O2S. The van der Waals surface area contributed by atoms with E-state index in [1.165, 1.54) is 6.42 Å². The monoisotopic (exact) mass is 304 g/mol. The third kappa shape index (κ3) is 3.26. The van der Waals surface area contributed by atoms with Gasteiger partial charge in [0.25, 0.3) is 0 Å². The lowest BCUT2D eigenvalue weighted by atomic mass is 10.1. The van der Waals surface area contributed by atoms with Gasteiger partial charge in [-0.15, -0.1) is 0 Å². The fourth-order valence-electron chi connectivity index (χ4n) is 2.88. The minimum atomic E-state index is -3.46. The Bertz CT molecular complexity index is 717. The Balaban J connectivity index is 1.76. The Morgan fingerprint density at radius 1 is 1.14 bits per heavy atom. The largest absolute Gasteiger partial charge is 0.314 e. The van der Waals surface area contributed by atoms with Gasteiger partial charge in [-0.05, 0) is 37.3 Å². The molecule has 0 aliphatic carbocycles. The van der Waals surface area contributed by atoms with Crippen LogP contribution in [-0.2, 0) is 10.0 Å². The van der Waals surface area contributed by atoms with Crippen molar-refractivity contribution in [3.63, 3.8) is 0 Å². The first-order chi connectivity index (χ1) is 10.2. The number of hydrogen-bond donors (Lipinski definition) is 2. The van der Waals surface area contributed by atoms with E-state index in [1.54, 1.807) is 12.1 Å². The highest BCUT2D eigenvalue weighted by Gasteiger charge is 2.18. The van der Waals surface area contributed by atoms with Crippen LogP contribution in [0.15, 0.2) is 47.4 Å². The quantitative estimate of drug-likeness (QED) is 0.891. The summed E-state index contributed by atoms with van der Waals surface area (Å²) in [6, 6.07) is 13.4. The summed E-state index contributed by atoms with van der Waals surface area (Å²) in [4.78, 5) is 0.361. The van der Waals surface area contributed by atoms with Crippen molar-refractivity contribution >= 4 is 20.8 Å². The smallest absolute Gasteiger partial charge is 0.241 e. The van der Waals surface area contributed by atoms with Gasteiger partial charge < -0.3 is 5.32 Å². The summed E-state index contributed by atoms with van der Waals surface area (Å²) in [6.45, 7) is 1.52. The maximum atomic E-state index is 12.5. The highest BCUT2D eigenvalue weighted by Crippen LogP contribution is 2.22. The molecule has 0 radical (unpaired) electrons. The predicted molar refractivity (Wildman–Crippen MR) is 84.8 cm³/mol. The van der Waals surface area contributed by atoms with Gasteiger partial charge in [-0.2, -0.15) is 0 Å². The summed E-state index contributed by atoms with van der Waals surface area (Å²) >= 11 is 0. The van der Waals surface area contributed by atoms with Gasteiger partial charge in [0.05, 0.1) is 4.90 Å². The van der Waals surface area contributed by atoms with Crippen molar-refractivity contribution in [3.05, 3.63) is 42.5 Å². The summed E-state index contributed by atoms with van der Waals surface area (Å²) < 4.78 is 27.7. The minimum Gasteiger partial charge on any atom is -0.314 e. The molecule has 0 bridgehead atoms. The molecule has 1 saturated heterocycles. The Labute approximate surface area is 125 Å². The molecule has 0 saturated carbocycles. The van der Waals surface area contributed by atoms with Crippen molar-refractivity contribution < 1.29 is 8.42 Å². The minimum absolute atomic E-state index is 0.361. The van der Waals surface area contributed by atoms with Gasteiger partial charge in [-0.3, -0.25) is 0 Å². The van der Waals surface area contributed by atoms with Crippen LogP contribution in [0.4, 0.5) is 0 Å². The van der Waals surface area contributed by atoms with Crippen molar-refractivity contribution in [3.8, 4) is 0 Å². The molecule has 0 spiro atoms. The molecular weight excluding hydrogens is 284 g/mol. The van der Waals surface area contributed by atoms with Crippen LogP contribution in [0, 0.1) is 0 Å². The standard InChI is InChI=1S/C16H20N2O2S/c19-21(20,18-12-10-14-7-4-11-17-14)16-9-3-6-13-5-1-2-8-15(13)16/h1-3,5-6,8-9,14,17-18H,4,7,10-12H2/t14-/m1/s1. The van der Waals surface area contributed by atoms with E-state index in [0.29, 0.717) is 17.5 Å². The second-order valence-corrected chi connectivity index (χ2v) is 7.19. The van der Waals surface area contributed by atoms with Crippen molar-refractivity contribution in [2.75, 3.05) is 13.1 Å². The maximum absolute atomic E-state index is 12.5. The van der Waals surface area contributed by atoms with Crippen molar-refractivity contribution in [1.29, 1.82) is 0 Å². The van der Waals surface area contributed by atoms with Gasteiger partial charge in [0.1, 0.15) is 0 Å². The molecule has 1 aliphatic rings. The van der Waals surface area contributed by atoms with Gasteiger partial charge in [0.2, 0.25) is 10.0 Å². The fourth-order valence-corrected chi connectivity index (χ4v) is 4.15. The second kappa shape index (κ2) is 6.13. The highest BCUT2D eigenvalue weighted by molar-refractivity contribution is 7.89. The molecule has 1 fully saturated rings. The van der Waals surface area contributed by atoms with E-state index in [2.05, 4.69) is 10.0 Å². The fraction of sp³-hybridized carbons (Fsp3) is 0.375. The molecule has 0 aromatic heterocycles. The molecule has 21 heavy (non-hydrogen) atoms. The maximum Gasteiger partial charge on any atom is 0.241 e. The number of fused-ring (bicyclic) bond motifs is 1. The molecule has 1 atom stereocenters. The van der Waals surface area contributed by atoms with Gasteiger partial charge in [-0.25, -0.2) is 13.1 Å². The van der Waals surface area contributed by atoms with Crippen molar-refractivity contribution in [1.82, 2.24) is 10.0 Å². The number of hydrogen-bond acceptors (Lipinski definition) is 3. The SMILES string of the molecule is O=S(=O)(NCC[C@H]1CCCN1)c1cccc2ccccc12. The topological polar surface area (TPSA) is 58.2 Å². The van der Waals surface area contributed by atoms with Gasteiger partial charge in [0, 0.05) is 18.0 Å². The van der Waals surface area contributed by atoms with Crippen molar-refractivity contribution in [2.45, 2.75) is 30.2 Å². The lowest BCUT2D eigenvalue weighted by molar-refractivity contribution is 0.540. The first-order valence-electron chi connectivity index (χ1n) is 7.38. The third-order valence-electron chi connectivity index (χ3n) is 3.99. The Hall–Kier alpha value is -1.43. The molecule has 1 heterocycles. The molecule has 112 valence electrons. The summed E-state index contributed by atoms with van der Waals surface area (Å²) in [6.07, 6.45) is 3.15. The van der Waals surface area contributed by atoms with Crippen LogP contribution in [0.1, 0.15) is 19.3 Å². The van der Waals surface area contributed by atoms with Crippen LogP contribution >= 0.6 is 0 Å². The Morgan fingerprint density at radius 3 is 2.76 bits per heavy atom. The lowest BCUT2D eigenvalue weighted by Gasteiger charge is -2.12. The Kier molecular flexibility index (Phi) is 4.24. The van der Waals surface area contributed by atoms with E-state index >= 15 is 0 Å². The summed E-state index contributed by atoms with van der Waals surface area (Å²) in [5.41, 5.74) is 0. The van der Waals surface area contributed by atoms with E-state index in [1.807, 2.05) is 30.3 Å². The number of rotatable bonds is 5. The van der Waals surface area contributed by atoms with E-state index < -0.39 is 10.0 Å². The molecule has 3 rings (SSSR count). The predicted octanol–water partition coefficient (Wildman–Crippen LogP) is 2.26. The molecule has 5 heteroatoms. The number of benzene rings is 2. The number of nitrogens with one attached hydrogen (secondary N) is 2. The number of sulfonamides is 1.